The molecule has 0 unspecified atom stereocenters. The number of aromatic nitrogens is 1. The van der Waals surface area contributed by atoms with Gasteiger partial charge in [-0.1, -0.05) is 130 Å². The Bertz CT molecular complexity index is 2820. The van der Waals surface area contributed by atoms with Crippen molar-refractivity contribution in [2.24, 2.45) is 4.99 Å². The predicted molar refractivity (Wildman–Crippen MR) is 217 cm³/mol. The molecule has 0 saturated heterocycles. The van der Waals surface area contributed by atoms with E-state index in [1.165, 1.54) is 5.56 Å². The highest BCUT2D eigenvalue weighted by Crippen LogP contribution is 2.42. The first-order valence-corrected chi connectivity index (χ1v) is 17.8. The van der Waals surface area contributed by atoms with Crippen LogP contribution >= 0.6 is 0 Å². The summed E-state index contributed by atoms with van der Waals surface area (Å²) in [6, 6.07) is 51.1. The topological polar surface area (TPSA) is 71.8 Å². The van der Waals surface area contributed by atoms with E-state index in [-0.39, 0.29) is 11.2 Å². The predicted octanol–water partition coefficient (Wildman–Crippen LogP) is 13.1. The number of aromatic hydroxyl groups is 1. The molecule has 0 fully saturated rings. The molecule has 256 valence electrons. The van der Waals surface area contributed by atoms with Gasteiger partial charge in [0, 0.05) is 33.7 Å². The molecule has 2 aromatic heterocycles. The van der Waals surface area contributed by atoms with Crippen molar-refractivity contribution in [1.29, 1.82) is 0 Å². The van der Waals surface area contributed by atoms with E-state index in [2.05, 4.69) is 106 Å². The highest BCUT2D eigenvalue weighted by atomic mass is 16.3. The smallest absolute Gasteiger partial charge is 0.229 e. The Hall–Kier alpha value is -6.72. The van der Waals surface area contributed by atoms with Crippen molar-refractivity contribution < 1.29 is 13.9 Å². The lowest BCUT2D eigenvalue weighted by Gasteiger charge is -2.19. The molecule has 9 rings (SSSR count). The van der Waals surface area contributed by atoms with E-state index in [1.807, 2.05) is 60.7 Å². The molecule has 2 heterocycles. The van der Waals surface area contributed by atoms with Crippen LogP contribution < -0.4 is 0 Å². The molecule has 5 heteroatoms. The van der Waals surface area contributed by atoms with E-state index in [4.69, 9.17) is 18.8 Å². The quantitative estimate of drug-likeness (QED) is 0.177. The molecule has 0 aliphatic heterocycles. The largest absolute Gasteiger partial charge is 0.507 e. The second-order valence-corrected chi connectivity index (χ2v) is 14.4. The molecule has 0 radical (unpaired) electrons. The van der Waals surface area contributed by atoms with Crippen molar-refractivity contribution >= 4 is 44.9 Å². The van der Waals surface area contributed by atoms with Gasteiger partial charge in [-0.25, -0.2) is 4.98 Å². The Morgan fingerprint density at radius 3 is 2.06 bits per heavy atom. The zero-order valence-electron chi connectivity index (χ0n) is 29.7. The van der Waals surface area contributed by atoms with E-state index in [0.717, 1.165) is 66.4 Å². The van der Waals surface area contributed by atoms with Crippen LogP contribution in [0.3, 0.4) is 0 Å². The number of furan rings is 1. The molecule has 0 spiro atoms. The van der Waals surface area contributed by atoms with E-state index in [1.54, 1.807) is 12.3 Å². The summed E-state index contributed by atoms with van der Waals surface area (Å²) in [5, 5.41) is 12.8. The van der Waals surface area contributed by atoms with E-state index in [0.29, 0.717) is 22.7 Å². The fourth-order valence-electron chi connectivity index (χ4n) is 6.99. The van der Waals surface area contributed by atoms with Crippen LogP contribution in [0.1, 0.15) is 31.9 Å². The number of benzene rings is 7. The van der Waals surface area contributed by atoms with Crippen molar-refractivity contribution in [2.75, 3.05) is 0 Å². The molecule has 5 nitrogen and oxygen atoms in total. The molecule has 7 aromatic carbocycles. The fourth-order valence-corrected chi connectivity index (χ4v) is 6.99. The van der Waals surface area contributed by atoms with Crippen LogP contribution in [0.4, 0.5) is 5.69 Å². The maximum atomic E-state index is 10.7. The molecule has 1 N–H and O–H groups in total. The summed E-state index contributed by atoms with van der Waals surface area (Å²) in [7, 11) is 0. The van der Waals surface area contributed by atoms with Crippen LogP contribution in [0.15, 0.2) is 165 Å². The van der Waals surface area contributed by atoms with Crippen LogP contribution in [-0.4, -0.2) is 16.3 Å². The maximum absolute atomic E-state index is 10.7. The Balaban J connectivity index is 1.20. The summed E-state index contributed by atoms with van der Waals surface area (Å²) < 4.78 is 13.2. The summed E-state index contributed by atoms with van der Waals surface area (Å²) >= 11 is 0. The van der Waals surface area contributed by atoms with Gasteiger partial charge in [-0.2, -0.15) is 0 Å². The number of fused-ring (bicyclic) bond motifs is 4. The number of oxazole rings is 1. The number of nitrogens with zero attached hydrogens (tertiary/aromatic N) is 2. The third-order valence-corrected chi connectivity index (χ3v) is 9.89. The Labute approximate surface area is 307 Å². The highest BCUT2D eigenvalue weighted by Gasteiger charge is 2.21. The van der Waals surface area contributed by atoms with Gasteiger partial charge >= 0.3 is 0 Å². The van der Waals surface area contributed by atoms with Crippen LogP contribution in [0.2, 0.25) is 0 Å². The zero-order chi connectivity index (χ0) is 36.1. The molecule has 0 bridgehead atoms. The van der Waals surface area contributed by atoms with Crippen molar-refractivity contribution in [1.82, 2.24) is 4.98 Å². The average Bonchev–Trinajstić information content (AvgIpc) is 3.79. The van der Waals surface area contributed by atoms with Gasteiger partial charge in [0.05, 0.1) is 11.3 Å². The van der Waals surface area contributed by atoms with Gasteiger partial charge in [0.25, 0.3) is 0 Å². The first kappa shape index (κ1) is 32.2. The Kier molecular flexibility index (Phi) is 7.78. The first-order chi connectivity index (χ1) is 25.8. The lowest BCUT2D eigenvalue weighted by Crippen LogP contribution is -2.11. The summed E-state index contributed by atoms with van der Waals surface area (Å²) in [4.78, 5) is 10.0. The fraction of sp³-hybridized carbons (Fsp3) is 0.0833. The van der Waals surface area contributed by atoms with Gasteiger partial charge in [-0.05, 0) is 75.7 Å². The third kappa shape index (κ3) is 5.96. The number of phenols is 1. The van der Waals surface area contributed by atoms with Crippen molar-refractivity contribution in [3.63, 3.8) is 0 Å². The average molecular weight is 689 g/mol. The number of aliphatic imine (C=N–C) groups is 1. The maximum Gasteiger partial charge on any atom is 0.229 e. The monoisotopic (exact) mass is 688 g/mol. The molecule has 53 heavy (non-hydrogen) atoms. The lowest BCUT2D eigenvalue weighted by atomic mass is 9.86. The first-order valence-electron chi connectivity index (χ1n) is 17.8. The van der Waals surface area contributed by atoms with Crippen LogP contribution in [0.5, 0.6) is 5.75 Å². The van der Waals surface area contributed by atoms with Gasteiger partial charge < -0.3 is 13.9 Å². The Morgan fingerprint density at radius 1 is 0.566 bits per heavy atom. The molecule has 0 aliphatic rings. The molecular formula is C48H36N2O3. The minimum Gasteiger partial charge on any atom is -0.507 e. The molecule has 9 aromatic rings. The van der Waals surface area contributed by atoms with Crippen molar-refractivity contribution in [3.05, 3.63) is 163 Å². The Morgan fingerprint density at radius 2 is 1.25 bits per heavy atom. The normalized spacial score (nSPS) is 12.1. The summed E-state index contributed by atoms with van der Waals surface area (Å²) in [6.45, 7) is 6.45. The molecule has 0 aliphatic carbocycles. The van der Waals surface area contributed by atoms with E-state index < -0.39 is 0 Å². The van der Waals surface area contributed by atoms with Gasteiger partial charge in [0.2, 0.25) is 5.89 Å². The second-order valence-electron chi connectivity index (χ2n) is 14.4. The molecule has 0 saturated carbocycles. The summed E-state index contributed by atoms with van der Waals surface area (Å²) in [5.41, 5.74) is 12.4. The highest BCUT2D eigenvalue weighted by molar-refractivity contribution is 6.12. The summed E-state index contributed by atoms with van der Waals surface area (Å²) in [5.74, 6) is 0.629. The molecule has 0 atom stereocenters. The van der Waals surface area contributed by atoms with E-state index >= 15 is 0 Å². The minimum absolute atomic E-state index is 0.0699. The number of phenolic OH excluding ortho intramolecular Hbond substituents is 1. The SMILES string of the molecule is CC(C)(C)c1ccc(O)c(C=Nc2ccccc2-c2nc3c(-c4cccc5c4oc4ccccc45)cc(-c4ccc(-c5ccccc5)cc4)cc3o2)c1. The summed E-state index contributed by atoms with van der Waals surface area (Å²) in [6.07, 6.45) is 1.71. The zero-order valence-corrected chi connectivity index (χ0v) is 29.7. The third-order valence-electron chi connectivity index (χ3n) is 9.89. The van der Waals surface area contributed by atoms with Crippen molar-refractivity contribution in [3.8, 4) is 50.6 Å². The van der Waals surface area contributed by atoms with Crippen LogP contribution in [-0.2, 0) is 5.41 Å². The number of hydrogen-bond donors (Lipinski definition) is 1. The number of hydrogen-bond acceptors (Lipinski definition) is 5. The van der Waals surface area contributed by atoms with Gasteiger partial charge in [-0.15, -0.1) is 0 Å². The minimum atomic E-state index is -0.0699. The number of para-hydroxylation sites is 3. The lowest BCUT2D eigenvalue weighted by molar-refractivity contribution is 0.473. The standard InChI is InChI=1S/C48H36N2O3/c1-48(2,3)35-24-25-42(51)34(26-35)29-49-41-18-9-7-15-39(41)47-50-45-40(38-17-11-16-37-36-14-8-10-19-43(36)52-46(37)38)27-33(28-44(45)53-47)32-22-20-31(21-23-32)30-12-5-4-6-13-30/h4-29,51H,1-3H3. The molecular weight excluding hydrogens is 653 g/mol. The van der Waals surface area contributed by atoms with Crippen LogP contribution in [0, 0.1) is 0 Å². The van der Waals surface area contributed by atoms with Crippen molar-refractivity contribution in [2.45, 2.75) is 26.2 Å². The van der Waals surface area contributed by atoms with Gasteiger partial charge in [0.1, 0.15) is 22.4 Å². The van der Waals surface area contributed by atoms with E-state index in [9.17, 15) is 5.11 Å². The second kappa shape index (κ2) is 12.8. The molecule has 0 amide bonds. The van der Waals surface area contributed by atoms with Crippen LogP contribution in [0.25, 0.3) is 77.9 Å². The number of rotatable bonds is 6. The van der Waals surface area contributed by atoms with Gasteiger partial charge in [0.15, 0.2) is 5.58 Å². The van der Waals surface area contributed by atoms with Gasteiger partial charge in [-0.3, -0.25) is 4.99 Å².